The Morgan fingerprint density at radius 2 is 2.05 bits per heavy atom. The highest BCUT2D eigenvalue weighted by atomic mass is 35.5. The third-order valence-electron chi connectivity index (χ3n) is 2.59. The molecular formula is C14H22ClN3O. The molecule has 0 bridgehead atoms. The smallest absolute Gasteiger partial charge is 0.194 e. The van der Waals surface area contributed by atoms with Gasteiger partial charge in [-0.2, -0.15) is 0 Å². The lowest BCUT2D eigenvalue weighted by Crippen LogP contribution is -2.38. The lowest BCUT2D eigenvalue weighted by molar-refractivity contribution is 0.207. The number of aliphatic imine (C=N–C) groups is 1. The molecule has 0 saturated heterocycles. The zero-order valence-electron chi connectivity index (χ0n) is 11.8. The van der Waals surface area contributed by atoms with Crippen LogP contribution in [0.15, 0.2) is 29.3 Å². The molecule has 0 unspecified atom stereocenters. The number of hydrogen-bond donors (Lipinski definition) is 1. The molecule has 1 rings (SSSR count). The molecule has 0 radical (unpaired) electrons. The average molecular weight is 284 g/mol. The van der Waals surface area contributed by atoms with Crippen LogP contribution in [0, 0.1) is 0 Å². The summed E-state index contributed by atoms with van der Waals surface area (Å²) in [7, 11) is 3.70. The van der Waals surface area contributed by atoms with Gasteiger partial charge in [-0.05, 0) is 24.6 Å². The van der Waals surface area contributed by atoms with Gasteiger partial charge in [-0.15, -0.1) is 0 Å². The number of nitrogens with one attached hydrogen (secondary N) is 1. The molecule has 5 heteroatoms. The minimum absolute atomic E-state index is 0.629. The van der Waals surface area contributed by atoms with Crippen LogP contribution < -0.4 is 5.32 Å². The predicted octanol–water partition coefficient (Wildman–Crippen LogP) is 2.38. The van der Waals surface area contributed by atoms with E-state index in [0.29, 0.717) is 13.2 Å². The van der Waals surface area contributed by atoms with Crippen LogP contribution in [0.1, 0.15) is 12.5 Å². The first kappa shape index (κ1) is 15.8. The zero-order valence-corrected chi connectivity index (χ0v) is 12.6. The second-order valence-corrected chi connectivity index (χ2v) is 4.65. The third kappa shape index (κ3) is 5.94. The van der Waals surface area contributed by atoms with E-state index in [-0.39, 0.29) is 0 Å². The molecule has 0 aliphatic rings. The molecule has 1 aromatic rings. The van der Waals surface area contributed by atoms with E-state index in [1.54, 1.807) is 7.11 Å². The van der Waals surface area contributed by atoms with Crippen molar-refractivity contribution in [3.8, 4) is 0 Å². The lowest BCUT2D eigenvalue weighted by Gasteiger charge is -2.22. The first-order valence-electron chi connectivity index (χ1n) is 6.40. The van der Waals surface area contributed by atoms with Gasteiger partial charge in [0.15, 0.2) is 5.96 Å². The van der Waals surface area contributed by atoms with Crippen molar-refractivity contribution in [2.45, 2.75) is 13.5 Å². The number of methoxy groups -OCH3 is 1. The monoisotopic (exact) mass is 283 g/mol. The van der Waals surface area contributed by atoms with E-state index >= 15 is 0 Å². The summed E-state index contributed by atoms with van der Waals surface area (Å²) in [6, 6.07) is 7.86. The Kier molecular flexibility index (Phi) is 7.30. The topological polar surface area (TPSA) is 36.9 Å². The van der Waals surface area contributed by atoms with Crippen molar-refractivity contribution in [3.63, 3.8) is 0 Å². The van der Waals surface area contributed by atoms with Crippen LogP contribution >= 0.6 is 11.6 Å². The molecule has 0 spiro atoms. The third-order valence-corrected chi connectivity index (χ3v) is 2.84. The Hall–Kier alpha value is -1.26. The van der Waals surface area contributed by atoms with Gasteiger partial charge in [0, 0.05) is 32.3 Å². The van der Waals surface area contributed by atoms with Crippen molar-refractivity contribution >= 4 is 17.6 Å². The van der Waals surface area contributed by atoms with Crippen molar-refractivity contribution in [2.24, 2.45) is 4.99 Å². The van der Waals surface area contributed by atoms with Crippen molar-refractivity contribution in [1.82, 2.24) is 10.2 Å². The van der Waals surface area contributed by atoms with Gasteiger partial charge in [0.1, 0.15) is 0 Å². The Balaban J connectivity index is 2.62. The molecule has 0 aliphatic heterocycles. The molecule has 0 aliphatic carbocycles. The fraction of sp³-hybridized carbons (Fsp3) is 0.500. The largest absolute Gasteiger partial charge is 0.383 e. The highest BCUT2D eigenvalue weighted by Gasteiger charge is 2.06. The molecule has 0 heterocycles. The highest BCUT2D eigenvalue weighted by Crippen LogP contribution is 2.10. The lowest BCUT2D eigenvalue weighted by atomic mass is 10.2. The second-order valence-electron chi connectivity index (χ2n) is 4.21. The Bertz CT molecular complexity index is 392. The Morgan fingerprint density at radius 3 is 2.63 bits per heavy atom. The molecular weight excluding hydrogens is 262 g/mol. The minimum atomic E-state index is 0.629. The van der Waals surface area contributed by atoms with E-state index in [2.05, 4.69) is 22.1 Å². The van der Waals surface area contributed by atoms with Gasteiger partial charge >= 0.3 is 0 Å². The number of guanidine groups is 1. The summed E-state index contributed by atoms with van der Waals surface area (Å²) in [5, 5.41) is 4.02. The van der Waals surface area contributed by atoms with Crippen LogP contribution in [0.3, 0.4) is 0 Å². The van der Waals surface area contributed by atoms with Gasteiger partial charge in [0.05, 0.1) is 13.2 Å². The fourth-order valence-electron chi connectivity index (χ4n) is 1.65. The van der Waals surface area contributed by atoms with E-state index in [0.717, 1.165) is 24.1 Å². The molecule has 4 nitrogen and oxygen atoms in total. The molecule has 0 amide bonds. The predicted molar refractivity (Wildman–Crippen MR) is 80.8 cm³/mol. The second kappa shape index (κ2) is 8.77. The molecule has 106 valence electrons. The summed E-state index contributed by atoms with van der Waals surface area (Å²) in [5.74, 6) is 0.884. The molecule has 0 aromatic heterocycles. The maximum atomic E-state index is 5.88. The number of hydrogen-bond acceptors (Lipinski definition) is 2. The standard InChI is InChI=1S/C14H22ClN3O/c1-4-16-14(17-9-10-19-3)18(2)11-12-5-7-13(15)8-6-12/h5-8H,4,9-11H2,1-3H3,(H,16,17). The molecule has 0 saturated carbocycles. The SMILES string of the molecule is CCNC(=NCCOC)N(C)Cc1ccc(Cl)cc1. The van der Waals surface area contributed by atoms with Gasteiger partial charge < -0.3 is 15.0 Å². The zero-order chi connectivity index (χ0) is 14.1. The molecule has 1 N–H and O–H groups in total. The van der Waals surface area contributed by atoms with Crippen LogP contribution in [-0.2, 0) is 11.3 Å². The molecule has 0 atom stereocenters. The van der Waals surface area contributed by atoms with E-state index in [9.17, 15) is 0 Å². The summed E-state index contributed by atoms with van der Waals surface area (Å²) >= 11 is 5.88. The molecule has 1 aromatic carbocycles. The molecule has 0 fully saturated rings. The van der Waals surface area contributed by atoms with E-state index in [1.807, 2.05) is 31.3 Å². The van der Waals surface area contributed by atoms with E-state index in [4.69, 9.17) is 16.3 Å². The quantitative estimate of drug-likeness (QED) is 0.495. The van der Waals surface area contributed by atoms with Crippen molar-refractivity contribution < 1.29 is 4.74 Å². The van der Waals surface area contributed by atoms with Gasteiger partial charge in [-0.1, -0.05) is 23.7 Å². The van der Waals surface area contributed by atoms with Gasteiger partial charge in [0.25, 0.3) is 0 Å². The van der Waals surface area contributed by atoms with Crippen LogP contribution in [0.5, 0.6) is 0 Å². The maximum Gasteiger partial charge on any atom is 0.194 e. The Labute approximate surface area is 120 Å². The van der Waals surface area contributed by atoms with E-state index < -0.39 is 0 Å². The molecule has 19 heavy (non-hydrogen) atoms. The maximum absolute atomic E-state index is 5.88. The minimum Gasteiger partial charge on any atom is -0.383 e. The first-order valence-corrected chi connectivity index (χ1v) is 6.78. The van der Waals surface area contributed by atoms with Crippen LogP contribution in [0.4, 0.5) is 0 Å². The number of ether oxygens (including phenoxy) is 1. The number of nitrogens with zero attached hydrogens (tertiary/aromatic N) is 2. The van der Waals surface area contributed by atoms with Gasteiger partial charge in [-0.3, -0.25) is 4.99 Å². The summed E-state index contributed by atoms with van der Waals surface area (Å²) in [5.41, 5.74) is 1.20. The summed E-state index contributed by atoms with van der Waals surface area (Å²) in [6.07, 6.45) is 0. The van der Waals surface area contributed by atoms with Crippen LogP contribution in [-0.4, -0.2) is 44.7 Å². The fourth-order valence-corrected chi connectivity index (χ4v) is 1.78. The number of rotatable bonds is 6. The summed E-state index contributed by atoms with van der Waals surface area (Å²) < 4.78 is 5.01. The highest BCUT2D eigenvalue weighted by molar-refractivity contribution is 6.30. The number of halogens is 1. The van der Waals surface area contributed by atoms with Crippen LogP contribution in [0.25, 0.3) is 0 Å². The summed E-state index contributed by atoms with van der Waals surface area (Å²) in [6.45, 7) is 4.97. The average Bonchev–Trinajstić information content (AvgIpc) is 2.40. The van der Waals surface area contributed by atoms with Gasteiger partial charge in [-0.25, -0.2) is 0 Å². The van der Waals surface area contributed by atoms with Crippen molar-refractivity contribution in [2.75, 3.05) is 33.9 Å². The van der Waals surface area contributed by atoms with Crippen molar-refractivity contribution in [3.05, 3.63) is 34.9 Å². The van der Waals surface area contributed by atoms with Crippen molar-refractivity contribution in [1.29, 1.82) is 0 Å². The van der Waals surface area contributed by atoms with Crippen LogP contribution in [0.2, 0.25) is 5.02 Å². The van der Waals surface area contributed by atoms with Gasteiger partial charge in [0.2, 0.25) is 0 Å². The number of benzene rings is 1. The normalized spacial score (nSPS) is 11.5. The Morgan fingerprint density at radius 1 is 1.37 bits per heavy atom. The van der Waals surface area contributed by atoms with E-state index in [1.165, 1.54) is 5.56 Å². The first-order chi connectivity index (χ1) is 9.17. The summed E-state index contributed by atoms with van der Waals surface area (Å²) in [4.78, 5) is 6.58.